The van der Waals surface area contributed by atoms with Crippen molar-refractivity contribution in [2.24, 2.45) is 5.92 Å². The van der Waals surface area contributed by atoms with E-state index in [2.05, 4.69) is 0 Å². The topological polar surface area (TPSA) is 60.9 Å². The third-order valence-corrected chi connectivity index (χ3v) is 5.52. The Hall–Kier alpha value is -1.88. The van der Waals surface area contributed by atoms with Crippen molar-refractivity contribution in [3.05, 3.63) is 35.9 Å². The molecule has 5 heteroatoms. The maximum atomic E-state index is 12.8. The summed E-state index contributed by atoms with van der Waals surface area (Å²) >= 11 is 0. The van der Waals surface area contributed by atoms with Crippen LogP contribution in [0.25, 0.3) is 0 Å². The summed E-state index contributed by atoms with van der Waals surface area (Å²) in [4.78, 5) is 28.9. The Morgan fingerprint density at radius 3 is 2.56 bits per heavy atom. The summed E-state index contributed by atoms with van der Waals surface area (Å²) in [6.45, 7) is 1.56. The smallest absolute Gasteiger partial charge is 0.253 e. The van der Waals surface area contributed by atoms with Crippen LogP contribution in [0.3, 0.4) is 0 Å². The van der Waals surface area contributed by atoms with Gasteiger partial charge in [-0.2, -0.15) is 0 Å². The molecule has 0 bridgehead atoms. The van der Waals surface area contributed by atoms with Crippen LogP contribution < -0.4 is 0 Å². The largest absolute Gasteiger partial charge is 0.388 e. The number of piperidine rings is 1. The van der Waals surface area contributed by atoms with Gasteiger partial charge in [0.05, 0.1) is 11.5 Å². The van der Waals surface area contributed by atoms with E-state index >= 15 is 0 Å². The van der Waals surface area contributed by atoms with Crippen molar-refractivity contribution in [2.75, 3.05) is 26.7 Å². The molecule has 0 radical (unpaired) electrons. The van der Waals surface area contributed by atoms with Crippen molar-refractivity contribution in [1.82, 2.24) is 9.80 Å². The zero-order chi connectivity index (χ0) is 17.9. The van der Waals surface area contributed by atoms with E-state index in [1.165, 1.54) is 0 Å². The molecular formula is C20H28N2O3. The first kappa shape index (κ1) is 17.9. The summed E-state index contributed by atoms with van der Waals surface area (Å²) in [6, 6.07) is 9.23. The van der Waals surface area contributed by atoms with Crippen molar-refractivity contribution < 1.29 is 14.7 Å². The molecule has 1 heterocycles. The number of hydrogen-bond acceptors (Lipinski definition) is 3. The summed E-state index contributed by atoms with van der Waals surface area (Å²) in [6.07, 6.45) is 5.25. The zero-order valence-corrected chi connectivity index (χ0v) is 15.0. The molecule has 2 fully saturated rings. The lowest BCUT2D eigenvalue weighted by molar-refractivity contribution is -0.138. The second-order valence-electron chi connectivity index (χ2n) is 7.58. The second kappa shape index (κ2) is 7.56. The van der Waals surface area contributed by atoms with Gasteiger partial charge in [-0.25, -0.2) is 0 Å². The SMILES string of the molecule is CN(CC1(O)CCCC1)C(=O)C1CCCN(C(=O)c2ccccc2)C1. The number of hydrogen-bond donors (Lipinski definition) is 1. The van der Waals surface area contributed by atoms with Crippen molar-refractivity contribution in [2.45, 2.75) is 44.1 Å². The Balaban J connectivity index is 1.60. The number of nitrogens with zero attached hydrogens (tertiary/aromatic N) is 2. The lowest BCUT2D eigenvalue weighted by Gasteiger charge is -2.36. The maximum Gasteiger partial charge on any atom is 0.253 e. The molecule has 2 amide bonds. The van der Waals surface area contributed by atoms with Gasteiger partial charge in [0.1, 0.15) is 0 Å². The number of carbonyl (C=O) groups excluding carboxylic acids is 2. The molecule has 0 aromatic heterocycles. The Morgan fingerprint density at radius 1 is 1.20 bits per heavy atom. The fourth-order valence-corrected chi connectivity index (χ4v) is 4.15. The Morgan fingerprint density at radius 2 is 1.88 bits per heavy atom. The van der Waals surface area contributed by atoms with Crippen LogP contribution in [0.4, 0.5) is 0 Å². The normalized spacial score (nSPS) is 22.6. The van der Waals surface area contributed by atoms with Crippen LogP contribution in [0.5, 0.6) is 0 Å². The molecule has 1 N–H and O–H groups in total. The third kappa shape index (κ3) is 4.21. The number of aliphatic hydroxyl groups is 1. The average Bonchev–Trinajstić information content (AvgIpc) is 3.07. The quantitative estimate of drug-likeness (QED) is 0.912. The van der Waals surface area contributed by atoms with Gasteiger partial charge in [0.2, 0.25) is 5.91 Å². The molecule has 136 valence electrons. The van der Waals surface area contributed by atoms with E-state index in [9.17, 15) is 14.7 Å². The molecule has 1 aliphatic heterocycles. The predicted molar refractivity (Wildman–Crippen MR) is 96.1 cm³/mol. The van der Waals surface area contributed by atoms with Gasteiger partial charge in [-0.05, 0) is 37.8 Å². The molecule has 2 aliphatic rings. The van der Waals surface area contributed by atoms with E-state index in [-0.39, 0.29) is 17.7 Å². The van der Waals surface area contributed by atoms with Crippen molar-refractivity contribution in [3.8, 4) is 0 Å². The summed E-state index contributed by atoms with van der Waals surface area (Å²) in [5.74, 6) is -0.127. The minimum Gasteiger partial charge on any atom is -0.388 e. The standard InChI is InChI=1S/C20H28N2O3/c1-21(15-20(25)11-5-6-12-20)18(23)17-10-7-13-22(14-17)19(24)16-8-3-2-4-9-16/h2-4,8-9,17,25H,5-7,10-15H2,1H3. The minimum absolute atomic E-state index is 0.00447. The van der Waals surface area contributed by atoms with E-state index in [0.29, 0.717) is 25.2 Å². The van der Waals surface area contributed by atoms with Gasteiger partial charge in [-0.15, -0.1) is 0 Å². The van der Waals surface area contributed by atoms with Crippen LogP contribution in [-0.2, 0) is 4.79 Å². The minimum atomic E-state index is -0.724. The summed E-state index contributed by atoms with van der Waals surface area (Å²) in [5, 5.41) is 10.5. The van der Waals surface area contributed by atoms with Gasteiger partial charge in [0.25, 0.3) is 5.91 Å². The lowest BCUT2D eigenvalue weighted by Crippen LogP contribution is -2.49. The highest BCUT2D eigenvalue weighted by molar-refractivity contribution is 5.94. The molecule has 1 saturated heterocycles. The number of carbonyl (C=O) groups is 2. The van der Waals surface area contributed by atoms with Crippen LogP contribution in [0.15, 0.2) is 30.3 Å². The highest BCUT2D eigenvalue weighted by Crippen LogP contribution is 2.30. The van der Waals surface area contributed by atoms with Gasteiger partial charge in [0.15, 0.2) is 0 Å². The van der Waals surface area contributed by atoms with E-state index < -0.39 is 5.60 Å². The first-order valence-corrected chi connectivity index (χ1v) is 9.30. The average molecular weight is 344 g/mol. The molecule has 1 aliphatic carbocycles. The van der Waals surface area contributed by atoms with Crippen molar-refractivity contribution in [3.63, 3.8) is 0 Å². The summed E-state index contributed by atoms with van der Waals surface area (Å²) in [7, 11) is 1.77. The Kier molecular flexibility index (Phi) is 5.42. The molecule has 1 atom stereocenters. The van der Waals surface area contributed by atoms with E-state index in [1.54, 1.807) is 16.8 Å². The molecule has 1 saturated carbocycles. The first-order valence-electron chi connectivity index (χ1n) is 9.30. The second-order valence-corrected chi connectivity index (χ2v) is 7.58. The molecule has 5 nitrogen and oxygen atoms in total. The van der Waals surface area contributed by atoms with Crippen molar-refractivity contribution >= 4 is 11.8 Å². The van der Waals surface area contributed by atoms with Gasteiger partial charge in [-0.3, -0.25) is 9.59 Å². The molecule has 1 aromatic rings. The van der Waals surface area contributed by atoms with Gasteiger partial charge >= 0.3 is 0 Å². The Labute approximate surface area is 149 Å². The first-order chi connectivity index (χ1) is 12.0. The van der Waals surface area contributed by atoms with Crippen LogP contribution in [0.1, 0.15) is 48.9 Å². The number of benzene rings is 1. The van der Waals surface area contributed by atoms with Gasteiger partial charge < -0.3 is 14.9 Å². The number of likely N-dealkylation sites (N-methyl/N-ethyl adjacent to an activating group) is 1. The van der Waals surface area contributed by atoms with E-state index in [0.717, 1.165) is 38.5 Å². The van der Waals surface area contributed by atoms with Crippen LogP contribution in [0.2, 0.25) is 0 Å². The number of amides is 2. The number of rotatable bonds is 4. The van der Waals surface area contributed by atoms with E-state index in [1.807, 2.05) is 30.3 Å². The monoisotopic (exact) mass is 344 g/mol. The lowest BCUT2D eigenvalue weighted by atomic mass is 9.94. The molecular weight excluding hydrogens is 316 g/mol. The third-order valence-electron chi connectivity index (χ3n) is 5.52. The maximum absolute atomic E-state index is 12.8. The zero-order valence-electron chi connectivity index (χ0n) is 15.0. The predicted octanol–water partition coefficient (Wildman–Crippen LogP) is 2.30. The highest BCUT2D eigenvalue weighted by Gasteiger charge is 2.36. The fourth-order valence-electron chi connectivity index (χ4n) is 4.15. The summed E-state index contributed by atoms with van der Waals surface area (Å²) < 4.78 is 0. The molecule has 0 spiro atoms. The molecule has 1 unspecified atom stereocenters. The molecule has 1 aromatic carbocycles. The summed E-state index contributed by atoms with van der Waals surface area (Å²) in [5.41, 5.74) is -0.0530. The van der Waals surface area contributed by atoms with Crippen LogP contribution in [-0.4, -0.2) is 59.0 Å². The number of likely N-dealkylation sites (tertiary alicyclic amines) is 1. The molecule has 3 rings (SSSR count). The Bertz CT molecular complexity index is 611. The fraction of sp³-hybridized carbons (Fsp3) is 0.600. The van der Waals surface area contributed by atoms with E-state index in [4.69, 9.17) is 0 Å². The van der Waals surface area contributed by atoms with Crippen LogP contribution >= 0.6 is 0 Å². The molecule has 25 heavy (non-hydrogen) atoms. The highest BCUT2D eigenvalue weighted by atomic mass is 16.3. The van der Waals surface area contributed by atoms with Crippen molar-refractivity contribution in [1.29, 1.82) is 0 Å². The van der Waals surface area contributed by atoms with Gasteiger partial charge in [0, 0.05) is 32.2 Å². The van der Waals surface area contributed by atoms with Gasteiger partial charge in [-0.1, -0.05) is 31.0 Å². The van der Waals surface area contributed by atoms with Crippen LogP contribution in [0, 0.1) is 5.92 Å².